The smallest absolute Gasteiger partial charge is 0.136 e. The molecule has 1 aliphatic carbocycles. The van der Waals surface area contributed by atoms with Crippen molar-refractivity contribution in [3.8, 4) is 0 Å². The fourth-order valence-electron chi connectivity index (χ4n) is 2.19. The van der Waals surface area contributed by atoms with Gasteiger partial charge in [-0.05, 0) is 37.5 Å². The first kappa shape index (κ1) is 14.1. The van der Waals surface area contributed by atoms with E-state index < -0.39 is 0 Å². The monoisotopic (exact) mass is 302 g/mol. The zero-order valence-electron chi connectivity index (χ0n) is 12.1. The highest BCUT2D eigenvalue weighted by atomic mass is 35.5. The molecule has 0 aliphatic heterocycles. The fourth-order valence-corrected chi connectivity index (χ4v) is 2.40. The van der Waals surface area contributed by atoms with Crippen molar-refractivity contribution in [3.63, 3.8) is 0 Å². The van der Waals surface area contributed by atoms with Gasteiger partial charge in [0.05, 0.1) is 0 Å². The molecule has 0 atom stereocenters. The molecule has 4 nitrogen and oxygen atoms in total. The molecule has 0 unspecified atom stereocenters. The van der Waals surface area contributed by atoms with Crippen molar-refractivity contribution in [1.29, 1.82) is 0 Å². The number of halogens is 1. The lowest BCUT2D eigenvalue weighted by atomic mass is 10.2. The highest BCUT2D eigenvalue weighted by Gasteiger charge is 2.27. The number of rotatable bonds is 6. The Bertz CT molecular complexity index is 625. The second-order valence-corrected chi connectivity index (χ2v) is 5.72. The summed E-state index contributed by atoms with van der Waals surface area (Å²) in [5.74, 6) is 3.24. The fraction of sp³-hybridized carbons (Fsp3) is 0.375. The minimum absolute atomic E-state index is 0.537. The van der Waals surface area contributed by atoms with E-state index in [4.69, 9.17) is 11.6 Å². The van der Waals surface area contributed by atoms with E-state index in [0.717, 1.165) is 34.6 Å². The highest BCUT2D eigenvalue weighted by molar-refractivity contribution is 6.30. The van der Waals surface area contributed by atoms with Gasteiger partial charge in [-0.2, -0.15) is 0 Å². The van der Waals surface area contributed by atoms with Gasteiger partial charge in [-0.1, -0.05) is 23.7 Å². The Hall–Kier alpha value is -1.81. The van der Waals surface area contributed by atoms with Crippen LogP contribution in [0.25, 0.3) is 0 Å². The average Bonchev–Trinajstić information content (AvgIpc) is 3.30. The van der Waals surface area contributed by atoms with Crippen molar-refractivity contribution in [3.05, 3.63) is 46.7 Å². The van der Waals surface area contributed by atoms with Crippen LogP contribution in [0.1, 0.15) is 37.1 Å². The molecule has 0 amide bonds. The third kappa shape index (κ3) is 3.85. The van der Waals surface area contributed by atoms with Crippen LogP contribution in [0.5, 0.6) is 0 Å². The summed E-state index contributed by atoms with van der Waals surface area (Å²) in [6, 6.07) is 9.80. The molecule has 1 heterocycles. The first-order chi connectivity index (χ1) is 10.2. The van der Waals surface area contributed by atoms with Gasteiger partial charge < -0.3 is 10.6 Å². The van der Waals surface area contributed by atoms with Gasteiger partial charge in [0.2, 0.25) is 0 Å². The molecule has 1 aliphatic rings. The van der Waals surface area contributed by atoms with Crippen molar-refractivity contribution in [1.82, 2.24) is 9.97 Å². The third-order valence-corrected chi connectivity index (χ3v) is 3.64. The zero-order chi connectivity index (χ0) is 14.7. The number of benzene rings is 1. The van der Waals surface area contributed by atoms with Gasteiger partial charge in [0.25, 0.3) is 0 Å². The van der Waals surface area contributed by atoms with Crippen LogP contribution in [0.2, 0.25) is 5.02 Å². The van der Waals surface area contributed by atoms with E-state index in [0.29, 0.717) is 12.5 Å². The molecule has 21 heavy (non-hydrogen) atoms. The maximum atomic E-state index is 6.00. The van der Waals surface area contributed by atoms with Crippen molar-refractivity contribution >= 4 is 23.2 Å². The molecule has 2 aromatic rings. The number of nitrogens with zero attached hydrogens (tertiary/aromatic N) is 2. The second kappa shape index (κ2) is 6.31. The number of nitrogens with one attached hydrogen (secondary N) is 2. The molecule has 0 bridgehead atoms. The Balaban J connectivity index is 1.74. The van der Waals surface area contributed by atoms with Gasteiger partial charge >= 0.3 is 0 Å². The Morgan fingerprint density at radius 3 is 2.57 bits per heavy atom. The summed E-state index contributed by atoms with van der Waals surface area (Å²) in [5.41, 5.74) is 1.14. The minimum Gasteiger partial charge on any atom is -0.370 e. The largest absolute Gasteiger partial charge is 0.370 e. The average molecular weight is 303 g/mol. The maximum absolute atomic E-state index is 6.00. The number of aromatic nitrogens is 2. The van der Waals surface area contributed by atoms with Gasteiger partial charge in [0.1, 0.15) is 17.5 Å². The lowest BCUT2D eigenvalue weighted by Gasteiger charge is -2.10. The number of hydrogen-bond acceptors (Lipinski definition) is 4. The molecule has 1 saturated carbocycles. The van der Waals surface area contributed by atoms with Crippen molar-refractivity contribution in [2.45, 2.75) is 32.2 Å². The molecule has 0 spiro atoms. The van der Waals surface area contributed by atoms with E-state index in [9.17, 15) is 0 Å². The Morgan fingerprint density at radius 1 is 1.14 bits per heavy atom. The zero-order valence-corrected chi connectivity index (χ0v) is 12.8. The van der Waals surface area contributed by atoms with Gasteiger partial charge in [0.15, 0.2) is 0 Å². The predicted octanol–water partition coefficient (Wildman–Crippen LogP) is 4.05. The van der Waals surface area contributed by atoms with Crippen LogP contribution in [0.3, 0.4) is 0 Å². The minimum atomic E-state index is 0.537. The summed E-state index contributed by atoms with van der Waals surface area (Å²) in [6.07, 6.45) is 2.40. The Morgan fingerprint density at radius 2 is 1.90 bits per heavy atom. The molecule has 2 N–H and O–H groups in total. The Labute approximate surface area is 130 Å². The number of hydrogen-bond donors (Lipinski definition) is 2. The van der Waals surface area contributed by atoms with Crippen molar-refractivity contribution in [2.75, 3.05) is 17.2 Å². The molecule has 5 heteroatoms. The normalized spacial score (nSPS) is 14.0. The van der Waals surface area contributed by atoms with Crippen LogP contribution in [0, 0.1) is 0 Å². The van der Waals surface area contributed by atoms with Gasteiger partial charge in [-0.15, -0.1) is 0 Å². The Kier molecular flexibility index (Phi) is 4.25. The summed E-state index contributed by atoms with van der Waals surface area (Å²) < 4.78 is 0. The van der Waals surface area contributed by atoms with E-state index in [1.165, 1.54) is 12.8 Å². The second-order valence-electron chi connectivity index (χ2n) is 5.28. The van der Waals surface area contributed by atoms with Crippen molar-refractivity contribution < 1.29 is 0 Å². The quantitative estimate of drug-likeness (QED) is 0.845. The van der Waals surface area contributed by atoms with Crippen LogP contribution in [-0.4, -0.2) is 16.5 Å². The van der Waals surface area contributed by atoms with Gasteiger partial charge in [0, 0.05) is 30.1 Å². The molecular formula is C16H19ClN4. The SMILES string of the molecule is CCNc1cc(NCc2cccc(Cl)c2)nc(C2CC2)n1. The summed E-state index contributed by atoms with van der Waals surface area (Å²) >= 11 is 6.00. The molecule has 3 rings (SSSR count). The molecule has 1 aromatic heterocycles. The molecule has 0 saturated heterocycles. The van der Waals surface area contributed by atoms with Crippen LogP contribution in [0.15, 0.2) is 30.3 Å². The van der Waals surface area contributed by atoms with Crippen LogP contribution >= 0.6 is 11.6 Å². The van der Waals surface area contributed by atoms with E-state index in [1.807, 2.05) is 30.3 Å². The summed E-state index contributed by atoms with van der Waals surface area (Å²) in [4.78, 5) is 9.19. The predicted molar refractivity (Wildman–Crippen MR) is 86.9 cm³/mol. The molecular weight excluding hydrogens is 284 g/mol. The first-order valence-corrected chi connectivity index (χ1v) is 7.73. The van der Waals surface area contributed by atoms with Crippen molar-refractivity contribution in [2.24, 2.45) is 0 Å². The van der Waals surface area contributed by atoms with E-state index >= 15 is 0 Å². The van der Waals surface area contributed by atoms with E-state index in [-0.39, 0.29) is 0 Å². The first-order valence-electron chi connectivity index (χ1n) is 7.36. The van der Waals surface area contributed by atoms with Crippen LogP contribution in [0.4, 0.5) is 11.6 Å². The van der Waals surface area contributed by atoms with E-state index in [2.05, 4.69) is 27.5 Å². The van der Waals surface area contributed by atoms with Gasteiger partial charge in [-0.25, -0.2) is 9.97 Å². The van der Waals surface area contributed by atoms with Crippen LogP contribution < -0.4 is 10.6 Å². The lowest BCUT2D eigenvalue weighted by molar-refractivity contribution is 0.918. The molecule has 1 fully saturated rings. The van der Waals surface area contributed by atoms with E-state index in [1.54, 1.807) is 0 Å². The molecule has 1 aromatic carbocycles. The standard InChI is InChI=1S/C16H19ClN4/c1-2-18-14-9-15(21-16(20-14)12-6-7-12)19-10-11-4-3-5-13(17)8-11/h3-5,8-9,12H,2,6-7,10H2,1H3,(H2,18,19,20,21). The number of anilines is 2. The lowest BCUT2D eigenvalue weighted by Crippen LogP contribution is -2.07. The third-order valence-electron chi connectivity index (χ3n) is 3.41. The highest BCUT2D eigenvalue weighted by Crippen LogP contribution is 2.38. The summed E-state index contributed by atoms with van der Waals surface area (Å²) in [7, 11) is 0. The maximum Gasteiger partial charge on any atom is 0.136 e. The molecule has 0 radical (unpaired) electrons. The topological polar surface area (TPSA) is 49.8 Å². The van der Waals surface area contributed by atoms with Crippen LogP contribution in [-0.2, 0) is 6.54 Å². The van der Waals surface area contributed by atoms with Gasteiger partial charge in [-0.3, -0.25) is 0 Å². The summed E-state index contributed by atoms with van der Waals surface area (Å²) in [6.45, 7) is 3.63. The molecule has 110 valence electrons. The summed E-state index contributed by atoms with van der Waals surface area (Å²) in [5, 5.41) is 7.38.